The quantitative estimate of drug-likeness (QED) is 0.563. The van der Waals surface area contributed by atoms with Crippen molar-refractivity contribution in [3.05, 3.63) is 0 Å². The molecule has 0 aromatic carbocycles. The standard InChI is InChI=1S/C7H13NO4/c1-10-7(9)5(2-8)6-3-11-4-12-6/h5-6H,2-4,8H2,1H3/t5-,6+/m1/s1. The highest BCUT2D eigenvalue weighted by Gasteiger charge is 2.31. The molecule has 0 saturated carbocycles. The number of rotatable bonds is 3. The van der Waals surface area contributed by atoms with Crippen LogP contribution < -0.4 is 5.73 Å². The zero-order valence-electron chi connectivity index (χ0n) is 6.99. The SMILES string of the molecule is COC(=O)[C@H](CN)[C@@H]1COCO1. The topological polar surface area (TPSA) is 70.8 Å². The van der Waals surface area contributed by atoms with Gasteiger partial charge in [0.25, 0.3) is 0 Å². The van der Waals surface area contributed by atoms with Crippen LogP contribution >= 0.6 is 0 Å². The van der Waals surface area contributed by atoms with E-state index in [2.05, 4.69) is 4.74 Å². The van der Waals surface area contributed by atoms with E-state index in [0.717, 1.165) is 0 Å². The third-order valence-electron chi connectivity index (χ3n) is 1.85. The molecule has 12 heavy (non-hydrogen) atoms. The molecule has 5 heteroatoms. The first-order valence-corrected chi connectivity index (χ1v) is 3.76. The summed E-state index contributed by atoms with van der Waals surface area (Å²) in [6, 6.07) is 0. The van der Waals surface area contributed by atoms with Gasteiger partial charge in [-0.1, -0.05) is 0 Å². The monoisotopic (exact) mass is 175 g/mol. The zero-order chi connectivity index (χ0) is 8.97. The summed E-state index contributed by atoms with van der Waals surface area (Å²) in [4.78, 5) is 11.1. The van der Waals surface area contributed by atoms with Gasteiger partial charge in [-0.15, -0.1) is 0 Å². The van der Waals surface area contributed by atoms with Gasteiger partial charge < -0.3 is 19.9 Å². The lowest BCUT2D eigenvalue weighted by atomic mass is 10.0. The maximum Gasteiger partial charge on any atom is 0.312 e. The van der Waals surface area contributed by atoms with Gasteiger partial charge in [-0.05, 0) is 0 Å². The Balaban J connectivity index is 2.48. The summed E-state index contributed by atoms with van der Waals surface area (Å²) in [6.07, 6.45) is -0.248. The number of esters is 1. The molecule has 5 nitrogen and oxygen atoms in total. The molecule has 1 fully saturated rings. The maximum absolute atomic E-state index is 11.1. The van der Waals surface area contributed by atoms with Crippen molar-refractivity contribution in [3.8, 4) is 0 Å². The Morgan fingerprint density at radius 2 is 2.58 bits per heavy atom. The Bertz CT molecular complexity index is 155. The molecule has 0 aliphatic carbocycles. The lowest BCUT2D eigenvalue weighted by Gasteiger charge is -2.16. The molecular weight excluding hydrogens is 162 g/mol. The van der Waals surface area contributed by atoms with Gasteiger partial charge in [0.2, 0.25) is 0 Å². The Hall–Kier alpha value is -0.650. The molecule has 0 bridgehead atoms. The summed E-state index contributed by atoms with van der Waals surface area (Å²) in [5.74, 6) is -0.745. The van der Waals surface area contributed by atoms with Crippen LogP contribution in [0.2, 0.25) is 0 Å². The van der Waals surface area contributed by atoms with Gasteiger partial charge in [0, 0.05) is 6.54 Å². The molecular formula is C7H13NO4. The Morgan fingerprint density at radius 3 is 3.00 bits per heavy atom. The molecule has 0 spiro atoms. The second kappa shape index (κ2) is 4.39. The number of hydrogen-bond acceptors (Lipinski definition) is 5. The van der Waals surface area contributed by atoms with Crippen LogP contribution in [0.4, 0.5) is 0 Å². The molecule has 0 aromatic heterocycles. The van der Waals surface area contributed by atoms with Gasteiger partial charge >= 0.3 is 5.97 Å². The first kappa shape index (κ1) is 9.44. The van der Waals surface area contributed by atoms with Crippen LogP contribution in [0, 0.1) is 5.92 Å². The van der Waals surface area contributed by atoms with Crippen molar-refractivity contribution >= 4 is 5.97 Å². The van der Waals surface area contributed by atoms with Crippen molar-refractivity contribution in [2.45, 2.75) is 6.10 Å². The summed E-state index contributed by atoms with van der Waals surface area (Å²) in [6.45, 7) is 0.871. The molecule has 1 aliphatic heterocycles. The molecule has 0 radical (unpaired) electrons. The summed E-state index contributed by atoms with van der Waals surface area (Å²) in [5, 5.41) is 0. The van der Waals surface area contributed by atoms with E-state index in [4.69, 9.17) is 15.2 Å². The third-order valence-corrected chi connectivity index (χ3v) is 1.85. The summed E-state index contributed by atoms with van der Waals surface area (Å²) in [5.41, 5.74) is 5.39. The van der Waals surface area contributed by atoms with Crippen molar-refractivity contribution in [1.29, 1.82) is 0 Å². The van der Waals surface area contributed by atoms with Gasteiger partial charge in [-0.25, -0.2) is 0 Å². The van der Waals surface area contributed by atoms with Crippen LogP contribution in [-0.2, 0) is 19.0 Å². The van der Waals surface area contributed by atoms with E-state index in [-0.39, 0.29) is 25.4 Å². The Kier molecular flexibility index (Phi) is 3.46. The van der Waals surface area contributed by atoms with E-state index in [1.54, 1.807) is 0 Å². The van der Waals surface area contributed by atoms with E-state index in [9.17, 15) is 4.79 Å². The number of carbonyl (C=O) groups excluding carboxylic acids is 1. The molecule has 1 aliphatic rings. The minimum atomic E-state index is -0.405. The van der Waals surface area contributed by atoms with E-state index in [0.29, 0.717) is 6.61 Å². The van der Waals surface area contributed by atoms with E-state index in [1.165, 1.54) is 7.11 Å². The highest BCUT2D eigenvalue weighted by Crippen LogP contribution is 2.14. The first-order chi connectivity index (χ1) is 5.79. The van der Waals surface area contributed by atoms with Gasteiger partial charge in [-0.3, -0.25) is 4.79 Å². The van der Waals surface area contributed by atoms with Crippen molar-refractivity contribution in [2.75, 3.05) is 27.1 Å². The predicted molar refractivity (Wildman–Crippen MR) is 40.3 cm³/mol. The second-order valence-electron chi connectivity index (χ2n) is 2.56. The molecule has 1 saturated heterocycles. The number of nitrogens with two attached hydrogens (primary N) is 1. The van der Waals surface area contributed by atoms with E-state index >= 15 is 0 Å². The predicted octanol–water partition coefficient (Wildman–Crippen LogP) is -0.893. The highest BCUT2D eigenvalue weighted by molar-refractivity contribution is 5.73. The Morgan fingerprint density at radius 1 is 1.83 bits per heavy atom. The molecule has 1 heterocycles. The minimum Gasteiger partial charge on any atom is -0.469 e. The molecule has 0 amide bonds. The fourth-order valence-corrected chi connectivity index (χ4v) is 1.13. The van der Waals surface area contributed by atoms with Crippen LogP contribution in [0.15, 0.2) is 0 Å². The Labute approximate surface area is 70.8 Å². The average molecular weight is 175 g/mol. The highest BCUT2D eigenvalue weighted by atomic mass is 16.7. The summed E-state index contributed by atoms with van der Waals surface area (Å²) >= 11 is 0. The average Bonchev–Trinajstić information content (AvgIpc) is 2.58. The number of carbonyl (C=O) groups is 1. The van der Waals surface area contributed by atoms with Crippen molar-refractivity contribution < 1.29 is 19.0 Å². The number of ether oxygens (including phenoxy) is 3. The van der Waals surface area contributed by atoms with Crippen molar-refractivity contribution in [2.24, 2.45) is 11.7 Å². The van der Waals surface area contributed by atoms with Crippen LogP contribution in [0.5, 0.6) is 0 Å². The second-order valence-corrected chi connectivity index (χ2v) is 2.56. The number of hydrogen-bond donors (Lipinski definition) is 1. The molecule has 1 rings (SSSR count). The van der Waals surface area contributed by atoms with Gasteiger partial charge in [0.05, 0.1) is 25.7 Å². The normalized spacial score (nSPS) is 25.3. The molecule has 70 valence electrons. The fourth-order valence-electron chi connectivity index (χ4n) is 1.13. The summed E-state index contributed by atoms with van der Waals surface area (Å²) < 4.78 is 14.6. The van der Waals surface area contributed by atoms with Crippen molar-refractivity contribution in [3.63, 3.8) is 0 Å². The van der Waals surface area contributed by atoms with Gasteiger partial charge in [0.1, 0.15) is 6.79 Å². The van der Waals surface area contributed by atoms with Gasteiger partial charge in [0.15, 0.2) is 0 Å². The fraction of sp³-hybridized carbons (Fsp3) is 0.857. The number of methoxy groups -OCH3 is 1. The molecule has 2 N–H and O–H groups in total. The van der Waals surface area contributed by atoms with Crippen molar-refractivity contribution in [1.82, 2.24) is 0 Å². The minimum absolute atomic E-state index is 0.223. The molecule has 2 atom stereocenters. The summed E-state index contributed by atoms with van der Waals surface area (Å²) in [7, 11) is 1.33. The van der Waals surface area contributed by atoms with Crippen LogP contribution in [0.25, 0.3) is 0 Å². The van der Waals surface area contributed by atoms with Crippen LogP contribution in [-0.4, -0.2) is 39.1 Å². The largest absolute Gasteiger partial charge is 0.469 e. The molecule has 0 unspecified atom stereocenters. The van der Waals surface area contributed by atoms with E-state index in [1.807, 2.05) is 0 Å². The van der Waals surface area contributed by atoms with Gasteiger partial charge in [-0.2, -0.15) is 0 Å². The molecule has 0 aromatic rings. The third kappa shape index (κ3) is 1.94. The van der Waals surface area contributed by atoms with Crippen LogP contribution in [0.3, 0.4) is 0 Å². The van der Waals surface area contributed by atoms with Crippen LogP contribution in [0.1, 0.15) is 0 Å². The smallest absolute Gasteiger partial charge is 0.312 e. The first-order valence-electron chi connectivity index (χ1n) is 3.76. The van der Waals surface area contributed by atoms with E-state index < -0.39 is 5.92 Å². The lowest BCUT2D eigenvalue weighted by Crippen LogP contribution is -2.36. The maximum atomic E-state index is 11.1. The lowest BCUT2D eigenvalue weighted by molar-refractivity contribution is -0.149. The zero-order valence-corrected chi connectivity index (χ0v) is 6.99.